The molecular formula is C29H24N2O5. The summed E-state index contributed by atoms with van der Waals surface area (Å²) in [7, 11) is 1.48. The standard InChI is InChI=1S/C29H24N2O5/c1-18-10-15-23(35-2)22(17-18)27(32)25-26(24-9-6-16-36-24)31(29(34)28(25)33)21-13-11-20(12-14-21)30-19-7-4-3-5-8-19/h3-17,26,30,32H,1-2H3/b27-25-. The number of benzene rings is 3. The van der Waals surface area contributed by atoms with Gasteiger partial charge in [0.15, 0.2) is 0 Å². The number of carbonyl (C=O) groups excluding carboxylic acids is 2. The zero-order valence-corrected chi connectivity index (χ0v) is 19.8. The van der Waals surface area contributed by atoms with Crippen LogP contribution in [0.3, 0.4) is 0 Å². The van der Waals surface area contributed by atoms with Crippen molar-refractivity contribution < 1.29 is 23.8 Å². The number of para-hydroxylation sites is 1. The molecule has 36 heavy (non-hydrogen) atoms. The molecule has 1 amide bonds. The van der Waals surface area contributed by atoms with Gasteiger partial charge in [0.05, 0.1) is 24.5 Å². The van der Waals surface area contributed by atoms with Gasteiger partial charge in [-0.15, -0.1) is 0 Å². The number of nitrogens with zero attached hydrogens (tertiary/aromatic N) is 1. The van der Waals surface area contributed by atoms with Crippen LogP contribution < -0.4 is 15.0 Å². The first-order valence-electron chi connectivity index (χ1n) is 11.4. The number of ether oxygens (including phenoxy) is 1. The van der Waals surface area contributed by atoms with Gasteiger partial charge >= 0.3 is 0 Å². The first-order chi connectivity index (χ1) is 17.5. The monoisotopic (exact) mass is 480 g/mol. The Balaban J connectivity index is 1.59. The highest BCUT2D eigenvalue weighted by Crippen LogP contribution is 2.43. The van der Waals surface area contributed by atoms with E-state index in [-0.39, 0.29) is 11.3 Å². The molecule has 3 aromatic carbocycles. The Bertz CT molecular complexity index is 1440. The van der Waals surface area contributed by atoms with Crippen molar-refractivity contribution in [2.45, 2.75) is 13.0 Å². The van der Waals surface area contributed by atoms with Gasteiger partial charge in [0, 0.05) is 17.1 Å². The number of hydrogen-bond donors (Lipinski definition) is 2. The van der Waals surface area contributed by atoms with Crippen LogP contribution in [0, 0.1) is 6.92 Å². The number of amides is 1. The van der Waals surface area contributed by atoms with E-state index >= 15 is 0 Å². The lowest BCUT2D eigenvalue weighted by Crippen LogP contribution is -2.29. The second kappa shape index (κ2) is 9.46. The number of nitrogens with one attached hydrogen (secondary N) is 1. The molecule has 7 heteroatoms. The van der Waals surface area contributed by atoms with Gasteiger partial charge in [0.1, 0.15) is 23.3 Å². The van der Waals surface area contributed by atoms with Crippen LogP contribution in [0.5, 0.6) is 5.75 Å². The number of ketones is 1. The Morgan fingerprint density at radius 1 is 0.944 bits per heavy atom. The smallest absolute Gasteiger partial charge is 0.300 e. The molecule has 0 bridgehead atoms. The third kappa shape index (κ3) is 4.11. The van der Waals surface area contributed by atoms with Crippen molar-refractivity contribution in [2.75, 3.05) is 17.3 Å². The van der Waals surface area contributed by atoms with Crippen LogP contribution in [0.25, 0.3) is 5.76 Å². The molecule has 1 saturated heterocycles. The third-order valence-corrected chi connectivity index (χ3v) is 6.08. The van der Waals surface area contributed by atoms with Crippen molar-refractivity contribution >= 4 is 34.5 Å². The molecule has 7 nitrogen and oxygen atoms in total. The number of anilines is 3. The summed E-state index contributed by atoms with van der Waals surface area (Å²) in [6.07, 6.45) is 1.47. The highest BCUT2D eigenvalue weighted by molar-refractivity contribution is 6.51. The number of aliphatic hydroxyl groups excluding tert-OH is 1. The van der Waals surface area contributed by atoms with Gasteiger partial charge in [-0.05, 0) is 67.6 Å². The van der Waals surface area contributed by atoms with Gasteiger partial charge in [-0.3, -0.25) is 14.5 Å². The minimum Gasteiger partial charge on any atom is -0.507 e. The first-order valence-corrected chi connectivity index (χ1v) is 11.4. The van der Waals surface area contributed by atoms with Crippen LogP contribution in [0.4, 0.5) is 17.1 Å². The van der Waals surface area contributed by atoms with Crippen LogP contribution in [-0.2, 0) is 9.59 Å². The minimum atomic E-state index is -0.946. The lowest BCUT2D eigenvalue weighted by molar-refractivity contribution is -0.132. The van der Waals surface area contributed by atoms with Gasteiger partial charge < -0.3 is 19.6 Å². The average Bonchev–Trinajstić information content (AvgIpc) is 3.52. The van der Waals surface area contributed by atoms with Crippen LogP contribution in [0.1, 0.15) is 22.9 Å². The zero-order valence-electron chi connectivity index (χ0n) is 19.8. The molecule has 0 aliphatic carbocycles. The van der Waals surface area contributed by atoms with Crippen molar-refractivity contribution in [3.8, 4) is 5.75 Å². The molecule has 1 aliphatic heterocycles. The second-order valence-electron chi connectivity index (χ2n) is 8.43. The summed E-state index contributed by atoms with van der Waals surface area (Å²) in [5.41, 5.74) is 3.36. The number of Topliss-reactive ketones (excluding diaryl/α,β-unsaturated/α-hetero) is 1. The van der Waals surface area contributed by atoms with Crippen LogP contribution >= 0.6 is 0 Å². The lowest BCUT2D eigenvalue weighted by Gasteiger charge is -2.24. The summed E-state index contributed by atoms with van der Waals surface area (Å²) >= 11 is 0. The molecule has 1 aromatic heterocycles. The van der Waals surface area contributed by atoms with E-state index in [0.29, 0.717) is 22.8 Å². The number of carbonyl (C=O) groups is 2. The quantitative estimate of drug-likeness (QED) is 0.201. The van der Waals surface area contributed by atoms with E-state index in [2.05, 4.69) is 5.32 Å². The molecule has 0 radical (unpaired) electrons. The molecule has 0 saturated carbocycles. The van der Waals surface area contributed by atoms with E-state index in [4.69, 9.17) is 9.15 Å². The molecule has 1 unspecified atom stereocenters. The molecule has 4 aromatic rings. The van der Waals surface area contributed by atoms with E-state index < -0.39 is 17.7 Å². The average molecular weight is 481 g/mol. The van der Waals surface area contributed by atoms with Crippen LogP contribution in [0.15, 0.2) is 101 Å². The Morgan fingerprint density at radius 3 is 2.33 bits per heavy atom. The predicted molar refractivity (Wildman–Crippen MR) is 137 cm³/mol. The summed E-state index contributed by atoms with van der Waals surface area (Å²) in [6, 6.07) is 24.5. The van der Waals surface area contributed by atoms with Crippen molar-refractivity contribution in [1.29, 1.82) is 0 Å². The maximum Gasteiger partial charge on any atom is 0.300 e. The zero-order chi connectivity index (χ0) is 25.2. The van der Waals surface area contributed by atoms with Crippen LogP contribution in [-0.4, -0.2) is 23.9 Å². The van der Waals surface area contributed by atoms with E-state index in [1.165, 1.54) is 18.3 Å². The fraction of sp³-hybridized carbons (Fsp3) is 0.103. The highest BCUT2D eigenvalue weighted by Gasteiger charge is 2.48. The molecule has 5 rings (SSSR count). The van der Waals surface area contributed by atoms with Gasteiger partial charge in [0.2, 0.25) is 0 Å². The number of aliphatic hydroxyl groups is 1. The SMILES string of the molecule is COc1ccc(C)cc1/C(O)=C1/C(=O)C(=O)N(c2ccc(Nc3ccccc3)cc2)C1c1ccco1. The summed E-state index contributed by atoms with van der Waals surface area (Å²) in [5.74, 6) is -1.13. The first kappa shape index (κ1) is 23.0. The summed E-state index contributed by atoms with van der Waals surface area (Å²) in [4.78, 5) is 27.9. The molecule has 180 valence electrons. The fourth-order valence-corrected chi connectivity index (χ4v) is 4.36. The maximum absolute atomic E-state index is 13.3. The number of hydrogen-bond acceptors (Lipinski definition) is 6. The highest BCUT2D eigenvalue weighted by atomic mass is 16.5. The molecule has 1 fully saturated rings. The minimum absolute atomic E-state index is 0.0645. The number of methoxy groups -OCH3 is 1. The molecular weight excluding hydrogens is 456 g/mol. The molecule has 2 N–H and O–H groups in total. The Morgan fingerprint density at radius 2 is 1.67 bits per heavy atom. The largest absolute Gasteiger partial charge is 0.507 e. The van der Waals surface area contributed by atoms with Gasteiger partial charge in [0.25, 0.3) is 11.7 Å². The second-order valence-corrected chi connectivity index (χ2v) is 8.43. The summed E-state index contributed by atoms with van der Waals surface area (Å²) < 4.78 is 11.0. The Kier molecular flexibility index (Phi) is 6.04. The van der Waals surface area contributed by atoms with Crippen molar-refractivity contribution in [3.05, 3.63) is 114 Å². The van der Waals surface area contributed by atoms with E-state index in [9.17, 15) is 14.7 Å². The summed E-state index contributed by atoms with van der Waals surface area (Å²) in [6.45, 7) is 1.86. The van der Waals surface area contributed by atoms with E-state index in [1.807, 2.05) is 55.5 Å². The number of aryl methyl sites for hydroxylation is 1. The van der Waals surface area contributed by atoms with Crippen LogP contribution in [0.2, 0.25) is 0 Å². The molecule has 2 heterocycles. The molecule has 1 atom stereocenters. The van der Waals surface area contributed by atoms with Crippen molar-refractivity contribution in [3.63, 3.8) is 0 Å². The normalized spacial score (nSPS) is 16.8. The van der Waals surface area contributed by atoms with E-state index in [1.54, 1.807) is 36.4 Å². The maximum atomic E-state index is 13.3. The van der Waals surface area contributed by atoms with Gasteiger partial charge in [-0.25, -0.2) is 0 Å². The number of rotatable bonds is 6. The Labute approximate surface area is 208 Å². The van der Waals surface area contributed by atoms with Gasteiger partial charge in [-0.1, -0.05) is 29.8 Å². The fourth-order valence-electron chi connectivity index (χ4n) is 4.36. The third-order valence-electron chi connectivity index (χ3n) is 6.08. The molecule has 1 aliphatic rings. The van der Waals surface area contributed by atoms with E-state index in [0.717, 1.165) is 16.9 Å². The topological polar surface area (TPSA) is 92.0 Å². The van der Waals surface area contributed by atoms with Crippen molar-refractivity contribution in [2.24, 2.45) is 0 Å². The number of furan rings is 1. The summed E-state index contributed by atoms with van der Waals surface area (Å²) in [5, 5.41) is 14.6. The Hall–Kier alpha value is -4.78. The van der Waals surface area contributed by atoms with Gasteiger partial charge in [-0.2, -0.15) is 0 Å². The predicted octanol–water partition coefficient (Wildman–Crippen LogP) is 5.97. The lowest BCUT2D eigenvalue weighted by atomic mass is 9.97. The molecule has 0 spiro atoms. The van der Waals surface area contributed by atoms with Crippen molar-refractivity contribution in [1.82, 2.24) is 0 Å².